The molecule has 1 heterocycles. The molecule has 2 rings (SSSR count). The van der Waals surface area contributed by atoms with E-state index < -0.39 is 11.8 Å². The Morgan fingerprint density at radius 1 is 1.50 bits per heavy atom. The maximum absolute atomic E-state index is 13.6. The van der Waals surface area contributed by atoms with E-state index in [1.54, 1.807) is 6.07 Å². The molecule has 0 bridgehead atoms. The quantitative estimate of drug-likeness (QED) is 0.870. The topological polar surface area (TPSA) is 69.6 Å². The lowest BCUT2D eigenvalue weighted by atomic mass is 10.1. The number of amides is 1. The maximum Gasteiger partial charge on any atom is 0.338 e. The molecule has 1 aliphatic heterocycles. The predicted octanol–water partition coefficient (Wildman–Crippen LogP) is 1.23. The zero-order chi connectivity index (χ0) is 14.7. The summed E-state index contributed by atoms with van der Waals surface area (Å²) >= 11 is 0. The van der Waals surface area contributed by atoms with Crippen LogP contribution in [0.3, 0.4) is 0 Å². The van der Waals surface area contributed by atoms with Gasteiger partial charge < -0.3 is 10.4 Å². The molecule has 1 aliphatic rings. The van der Waals surface area contributed by atoms with E-state index in [1.807, 2.05) is 0 Å². The minimum absolute atomic E-state index is 0.0475. The van der Waals surface area contributed by atoms with Gasteiger partial charge in [-0.1, -0.05) is 6.07 Å². The molecular weight excluding hydrogens is 263 g/mol. The summed E-state index contributed by atoms with van der Waals surface area (Å²) < 4.78 is 13.6. The number of halogens is 1. The molecule has 1 aromatic rings. The van der Waals surface area contributed by atoms with Crippen LogP contribution < -0.4 is 5.32 Å². The van der Waals surface area contributed by atoms with E-state index in [0.717, 1.165) is 25.1 Å². The lowest BCUT2D eigenvalue weighted by molar-refractivity contribution is -0.119. The number of hydrogen-bond acceptors (Lipinski definition) is 3. The third-order valence-corrected chi connectivity index (χ3v) is 3.35. The van der Waals surface area contributed by atoms with Gasteiger partial charge >= 0.3 is 5.97 Å². The van der Waals surface area contributed by atoms with Crippen molar-refractivity contribution in [3.8, 4) is 0 Å². The van der Waals surface area contributed by atoms with Crippen LogP contribution in [0.2, 0.25) is 0 Å². The van der Waals surface area contributed by atoms with Crippen LogP contribution in [0.1, 0.15) is 29.3 Å². The minimum atomic E-state index is -1.26. The van der Waals surface area contributed by atoms with E-state index in [-0.39, 0.29) is 17.5 Å². The highest BCUT2D eigenvalue weighted by Gasteiger charge is 2.23. The second kappa shape index (κ2) is 6.00. The van der Waals surface area contributed by atoms with Gasteiger partial charge in [0.15, 0.2) is 0 Å². The Balaban J connectivity index is 1.96. The number of carbonyl (C=O) groups is 2. The number of likely N-dealkylation sites (tertiary alicyclic amines) is 1. The van der Waals surface area contributed by atoms with Crippen LogP contribution in [0, 0.1) is 5.82 Å². The third kappa shape index (κ3) is 3.54. The largest absolute Gasteiger partial charge is 0.478 e. The fourth-order valence-electron chi connectivity index (χ4n) is 2.47. The van der Waals surface area contributed by atoms with Gasteiger partial charge in [-0.2, -0.15) is 0 Å². The molecule has 1 atom stereocenters. The van der Waals surface area contributed by atoms with Gasteiger partial charge in [0.1, 0.15) is 5.82 Å². The number of benzene rings is 1. The van der Waals surface area contributed by atoms with Gasteiger partial charge in [0.2, 0.25) is 5.91 Å². The number of nitrogens with one attached hydrogen (secondary N) is 1. The first-order valence-corrected chi connectivity index (χ1v) is 6.47. The lowest BCUT2D eigenvalue weighted by Crippen LogP contribution is -2.35. The zero-order valence-electron chi connectivity index (χ0n) is 11.2. The van der Waals surface area contributed by atoms with Crippen molar-refractivity contribution in [1.82, 2.24) is 10.2 Å². The SMILES string of the molecule is CC(=O)NC1CCN(Cc2ccc(C(=O)O)c(F)c2)C1. The first-order valence-electron chi connectivity index (χ1n) is 6.47. The number of aromatic carboxylic acids is 1. The first-order chi connectivity index (χ1) is 9.45. The molecule has 1 fully saturated rings. The molecule has 0 saturated carbocycles. The van der Waals surface area contributed by atoms with Crippen LogP contribution in [0.5, 0.6) is 0 Å². The number of nitrogens with zero attached hydrogens (tertiary/aromatic N) is 1. The fraction of sp³-hybridized carbons (Fsp3) is 0.429. The number of rotatable bonds is 4. The second-order valence-corrected chi connectivity index (χ2v) is 5.04. The summed E-state index contributed by atoms with van der Waals surface area (Å²) in [5.41, 5.74) is 0.419. The van der Waals surface area contributed by atoms with Crippen molar-refractivity contribution in [1.29, 1.82) is 0 Å². The third-order valence-electron chi connectivity index (χ3n) is 3.35. The van der Waals surface area contributed by atoms with E-state index in [1.165, 1.54) is 19.1 Å². The molecule has 5 nitrogen and oxygen atoms in total. The van der Waals surface area contributed by atoms with Crippen molar-refractivity contribution in [2.45, 2.75) is 25.9 Å². The van der Waals surface area contributed by atoms with E-state index >= 15 is 0 Å². The maximum atomic E-state index is 13.6. The summed E-state index contributed by atoms with van der Waals surface area (Å²) in [6, 6.07) is 4.30. The highest BCUT2D eigenvalue weighted by Crippen LogP contribution is 2.16. The van der Waals surface area contributed by atoms with Crippen molar-refractivity contribution in [3.63, 3.8) is 0 Å². The number of carboxylic acids is 1. The van der Waals surface area contributed by atoms with Crippen LogP contribution in [-0.2, 0) is 11.3 Å². The highest BCUT2D eigenvalue weighted by atomic mass is 19.1. The molecule has 0 radical (unpaired) electrons. The van der Waals surface area contributed by atoms with Crippen LogP contribution in [0.15, 0.2) is 18.2 Å². The van der Waals surface area contributed by atoms with Gasteiger partial charge in [-0.15, -0.1) is 0 Å². The summed E-state index contributed by atoms with van der Waals surface area (Å²) in [6.45, 7) is 3.59. The van der Waals surface area contributed by atoms with Crippen LogP contribution in [-0.4, -0.2) is 41.0 Å². The van der Waals surface area contributed by atoms with Crippen molar-refractivity contribution in [2.24, 2.45) is 0 Å². The number of carboxylic acid groups (broad SMARTS) is 1. The van der Waals surface area contributed by atoms with Crippen molar-refractivity contribution >= 4 is 11.9 Å². The molecule has 108 valence electrons. The summed E-state index contributed by atoms with van der Waals surface area (Å²) in [5.74, 6) is -2.03. The molecule has 1 saturated heterocycles. The second-order valence-electron chi connectivity index (χ2n) is 5.04. The molecule has 6 heteroatoms. The molecule has 1 unspecified atom stereocenters. The predicted molar refractivity (Wildman–Crippen MR) is 70.9 cm³/mol. The van der Waals surface area contributed by atoms with E-state index in [4.69, 9.17) is 5.11 Å². The van der Waals surface area contributed by atoms with E-state index in [2.05, 4.69) is 10.2 Å². The Labute approximate surface area is 116 Å². The van der Waals surface area contributed by atoms with Crippen LogP contribution in [0.4, 0.5) is 4.39 Å². The normalized spacial score (nSPS) is 19.0. The van der Waals surface area contributed by atoms with Gasteiger partial charge in [-0.3, -0.25) is 9.69 Å². The standard InChI is InChI=1S/C14H17FN2O3/c1-9(18)16-11-4-5-17(8-11)7-10-2-3-12(14(19)20)13(15)6-10/h2-3,6,11H,4-5,7-8H2,1H3,(H,16,18)(H,19,20). The van der Waals surface area contributed by atoms with Gasteiger partial charge in [0.05, 0.1) is 5.56 Å². The Morgan fingerprint density at radius 2 is 2.25 bits per heavy atom. The summed E-state index contributed by atoms with van der Waals surface area (Å²) in [7, 11) is 0. The molecule has 0 aliphatic carbocycles. The molecule has 1 amide bonds. The molecule has 2 N–H and O–H groups in total. The summed E-state index contributed by atoms with van der Waals surface area (Å²) in [6.07, 6.45) is 0.870. The lowest BCUT2D eigenvalue weighted by Gasteiger charge is -2.16. The van der Waals surface area contributed by atoms with Gasteiger partial charge in [0, 0.05) is 32.6 Å². The molecule has 0 spiro atoms. The average molecular weight is 280 g/mol. The Hall–Kier alpha value is -1.95. The number of hydrogen-bond donors (Lipinski definition) is 2. The monoisotopic (exact) mass is 280 g/mol. The van der Waals surface area contributed by atoms with Crippen LogP contribution in [0.25, 0.3) is 0 Å². The van der Waals surface area contributed by atoms with Crippen molar-refractivity contribution in [2.75, 3.05) is 13.1 Å². The van der Waals surface area contributed by atoms with E-state index in [0.29, 0.717) is 6.54 Å². The zero-order valence-corrected chi connectivity index (χ0v) is 11.2. The Kier molecular flexibility index (Phi) is 4.34. The van der Waals surface area contributed by atoms with Crippen molar-refractivity contribution in [3.05, 3.63) is 35.1 Å². The van der Waals surface area contributed by atoms with Gasteiger partial charge in [-0.05, 0) is 24.1 Å². The van der Waals surface area contributed by atoms with Gasteiger partial charge in [0.25, 0.3) is 0 Å². The molecule has 20 heavy (non-hydrogen) atoms. The van der Waals surface area contributed by atoms with E-state index in [9.17, 15) is 14.0 Å². The highest BCUT2D eigenvalue weighted by molar-refractivity contribution is 5.87. The minimum Gasteiger partial charge on any atom is -0.478 e. The molecule has 1 aromatic carbocycles. The Morgan fingerprint density at radius 3 is 2.85 bits per heavy atom. The summed E-state index contributed by atoms with van der Waals surface area (Å²) in [5, 5.41) is 11.6. The smallest absolute Gasteiger partial charge is 0.338 e. The Bertz CT molecular complexity index is 533. The first kappa shape index (κ1) is 14.5. The summed E-state index contributed by atoms with van der Waals surface area (Å²) in [4.78, 5) is 23.8. The van der Waals surface area contributed by atoms with Gasteiger partial charge in [-0.25, -0.2) is 9.18 Å². The number of carbonyl (C=O) groups excluding carboxylic acids is 1. The molecule has 0 aromatic heterocycles. The average Bonchev–Trinajstić information content (AvgIpc) is 2.75. The van der Waals surface area contributed by atoms with Crippen molar-refractivity contribution < 1.29 is 19.1 Å². The fourth-order valence-corrected chi connectivity index (χ4v) is 2.47. The molecular formula is C14H17FN2O3. The van der Waals surface area contributed by atoms with Crippen LogP contribution >= 0.6 is 0 Å².